The number of sulfonamides is 1. The average Bonchev–Trinajstić information content (AvgIpc) is 3.30. The van der Waals surface area contributed by atoms with Crippen molar-refractivity contribution in [1.82, 2.24) is 4.31 Å². The highest BCUT2D eigenvalue weighted by molar-refractivity contribution is 7.89. The average molecular weight is 358 g/mol. The van der Waals surface area contributed by atoms with Crippen molar-refractivity contribution in [2.45, 2.75) is 37.0 Å². The van der Waals surface area contributed by atoms with E-state index in [0.717, 1.165) is 25.0 Å². The molecule has 2 fully saturated rings. The second-order valence-corrected chi connectivity index (χ2v) is 8.74. The molecule has 1 aromatic carbocycles. The van der Waals surface area contributed by atoms with Crippen LogP contribution >= 0.6 is 0 Å². The molecule has 132 valence electrons. The third kappa shape index (κ3) is 3.30. The summed E-state index contributed by atoms with van der Waals surface area (Å²) in [6, 6.07) is 2.24. The van der Waals surface area contributed by atoms with Crippen LogP contribution in [0.2, 0.25) is 0 Å². The molecule has 0 bridgehead atoms. The number of carbonyl (C=O) groups excluding carboxylic acids is 1. The van der Waals surface area contributed by atoms with Crippen LogP contribution in [-0.4, -0.2) is 31.7 Å². The fourth-order valence-corrected chi connectivity index (χ4v) is 4.89. The summed E-state index contributed by atoms with van der Waals surface area (Å²) in [6.45, 7) is 0.242. The van der Waals surface area contributed by atoms with E-state index in [-0.39, 0.29) is 19.0 Å². The predicted molar refractivity (Wildman–Crippen MR) is 83.3 cm³/mol. The molecule has 1 aromatic rings. The zero-order chi connectivity index (χ0) is 17.5. The van der Waals surface area contributed by atoms with E-state index < -0.39 is 32.0 Å². The Balaban J connectivity index is 1.78. The molecule has 2 N–H and O–H groups in total. The van der Waals surface area contributed by atoms with E-state index in [1.165, 1.54) is 4.31 Å². The van der Waals surface area contributed by atoms with Gasteiger partial charge in [-0.3, -0.25) is 4.79 Å². The number of benzene rings is 1. The van der Waals surface area contributed by atoms with Crippen molar-refractivity contribution in [1.29, 1.82) is 0 Å². The Morgan fingerprint density at radius 3 is 2.17 bits per heavy atom. The van der Waals surface area contributed by atoms with E-state index in [1.807, 2.05) is 0 Å². The highest BCUT2D eigenvalue weighted by Gasteiger charge is 2.45. The molecular weight excluding hydrogens is 338 g/mol. The van der Waals surface area contributed by atoms with Crippen molar-refractivity contribution in [2.75, 3.05) is 13.1 Å². The molecule has 1 heterocycles. The van der Waals surface area contributed by atoms with Gasteiger partial charge in [0.2, 0.25) is 15.9 Å². The highest BCUT2D eigenvalue weighted by Crippen LogP contribution is 2.46. The Morgan fingerprint density at radius 1 is 1.17 bits per heavy atom. The first-order chi connectivity index (χ1) is 11.2. The van der Waals surface area contributed by atoms with Crippen LogP contribution in [0.25, 0.3) is 0 Å². The maximum absolute atomic E-state index is 13.3. The first kappa shape index (κ1) is 17.3. The number of hydrogen-bond acceptors (Lipinski definition) is 3. The van der Waals surface area contributed by atoms with E-state index in [9.17, 15) is 22.0 Å². The van der Waals surface area contributed by atoms with Crippen LogP contribution in [0.1, 0.15) is 32.1 Å². The smallest absolute Gasteiger partial charge is 0.243 e. The quantitative estimate of drug-likeness (QED) is 0.874. The van der Waals surface area contributed by atoms with Crippen molar-refractivity contribution >= 4 is 15.9 Å². The zero-order valence-corrected chi connectivity index (χ0v) is 14.0. The summed E-state index contributed by atoms with van der Waals surface area (Å²) in [5.74, 6) is -1.77. The normalized spacial score (nSPS) is 21.6. The minimum absolute atomic E-state index is 0.121. The maximum atomic E-state index is 13.3. The minimum atomic E-state index is -3.99. The Labute approximate surface area is 139 Å². The van der Waals surface area contributed by atoms with Gasteiger partial charge in [0.05, 0.1) is 10.3 Å². The van der Waals surface area contributed by atoms with E-state index in [1.54, 1.807) is 0 Å². The monoisotopic (exact) mass is 358 g/mol. The lowest BCUT2D eigenvalue weighted by molar-refractivity contribution is -0.130. The lowest BCUT2D eigenvalue weighted by atomic mass is 9.74. The SMILES string of the molecule is NC(=O)C1(CC2CC2)CCN(S(=O)(=O)c2cc(F)cc(F)c2)CC1. The number of halogens is 2. The number of carbonyl (C=O) groups is 1. The van der Waals surface area contributed by atoms with Gasteiger partial charge in [0.25, 0.3) is 0 Å². The number of hydrogen-bond donors (Lipinski definition) is 1. The van der Waals surface area contributed by atoms with Gasteiger partial charge in [-0.1, -0.05) is 12.8 Å². The van der Waals surface area contributed by atoms with Gasteiger partial charge < -0.3 is 5.73 Å². The minimum Gasteiger partial charge on any atom is -0.369 e. The van der Waals surface area contributed by atoms with Gasteiger partial charge in [-0.15, -0.1) is 0 Å². The van der Waals surface area contributed by atoms with Crippen molar-refractivity contribution < 1.29 is 22.0 Å². The molecule has 3 rings (SSSR count). The molecule has 1 aliphatic heterocycles. The molecular formula is C16H20F2N2O3S. The number of rotatable bonds is 5. The van der Waals surface area contributed by atoms with E-state index in [2.05, 4.69) is 0 Å². The van der Waals surface area contributed by atoms with Crippen LogP contribution in [0.5, 0.6) is 0 Å². The zero-order valence-electron chi connectivity index (χ0n) is 13.2. The van der Waals surface area contributed by atoms with Gasteiger partial charge in [0.15, 0.2) is 0 Å². The first-order valence-electron chi connectivity index (χ1n) is 7.99. The number of primary amides is 1. The molecule has 0 unspecified atom stereocenters. The van der Waals surface area contributed by atoms with Crippen LogP contribution in [-0.2, 0) is 14.8 Å². The molecule has 1 saturated heterocycles. The fraction of sp³-hybridized carbons (Fsp3) is 0.562. The summed E-state index contributed by atoms with van der Waals surface area (Å²) >= 11 is 0. The molecule has 5 nitrogen and oxygen atoms in total. The Bertz CT molecular complexity index is 734. The van der Waals surface area contributed by atoms with E-state index in [0.29, 0.717) is 31.2 Å². The maximum Gasteiger partial charge on any atom is 0.243 e. The van der Waals surface area contributed by atoms with Crippen LogP contribution in [0, 0.1) is 23.0 Å². The first-order valence-corrected chi connectivity index (χ1v) is 9.43. The summed E-state index contributed by atoms with van der Waals surface area (Å²) in [4.78, 5) is 11.5. The molecule has 1 aliphatic carbocycles. The van der Waals surface area contributed by atoms with Crippen molar-refractivity contribution in [3.05, 3.63) is 29.8 Å². The van der Waals surface area contributed by atoms with Gasteiger partial charge >= 0.3 is 0 Å². The summed E-state index contributed by atoms with van der Waals surface area (Å²) in [6.07, 6.45) is 3.55. The van der Waals surface area contributed by atoms with Crippen LogP contribution < -0.4 is 5.73 Å². The lowest BCUT2D eigenvalue weighted by Crippen LogP contribution is -2.49. The fourth-order valence-electron chi connectivity index (χ4n) is 3.41. The molecule has 8 heteroatoms. The number of nitrogens with zero attached hydrogens (tertiary/aromatic N) is 1. The van der Waals surface area contributed by atoms with Gasteiger partial charge in [-0.2, -0.15) is 4.31 Å². The molecule has 0 aromatic heterocycles. The number of piperidine rings is 1. The molecule has 0 atom stereocenters. The molecule has 1 saturated carbocycles. The Kier molecular flexibility index (Phi) is 4.37. The van der Waals surface area contributed by atoms with Crippen LogP contribution in [0.15, 0.2) is 23.1 Å². The summed E-state index contributed by atoms with van der Waals surface area (Å²) < 4.78 is 53.0. The summed E-state index contributed by atoms with van der Waals surface area (Å²) in [5.41, 5.74) is 4.91. The van der Waals surface area contributed by atoms with Gasteiger partial charge in [0.1, 0.15) is 11.6 Å². The van der Waals surface area contributed by atoms with Gasteiger partial charge in [0, 0.05) is 19.2 Å². The van der Waals surface area contributed by atoms with Crippen molar-refractivity contribution in [2.24, 2.45) is 17.1 Å². The highest BCUT2D eigenvalue weighted by atomic mass is 32.2. The third-order valence-corrected chi connectivity index (χ3v) is 6.93. The molecule has 0 radical (unpaired) electrons. The van der Waals surface area contributed by atoms with Crippen LogP contribution in [0.3, 0.4) is 0 Å². The van der Waals surface area contributed by atoms with E-state index >= 15 is 0 Å². The van der Waals surface area contributed by atoms with Gasteiger partial charge in [-0.05, 0) is 37.3 Å². The third-order valence-electron chi connectivity index (χ3n) is 5.05. The topological polar surface area (TPSA) is 80.5 Å². The molecule has 2 aliphatic rings. The molecule has 1 amide bonds. The number of amides is 1. The van der Waals surface area contributed by atoms with Crippen LogP contribution in [0.4, 0.5) is 8.78 Å². The molecule has 0 spiro atoms. The lowest BCUT2D eigenvalue weighted by Gasteiger charge is -2.39. The second-order valence-electron chi connectivity index (χ2n) is 6.80. The van der Waals surface area contributed by atoms with E-state index in [4.69, 9.17) is 5.73 Å². The van der Waals surface area contributed by atoms with Gasteiger partial charge in [-0.25, -0.2) is 17.2 Å². The second kappa shape index (κ2) is 6.07. The Hall–Kier alpha value is -1.54. The van der Waals surface area contributed by atoms with Crippen molar-refractivity contribution in [3.8, 4) is 0 Å². The standard InChI is InChI=1S/C16H20F2N2O3S/c17-12-7-13(18)9-14(8-12)24(22,23)20-5-3-16(4-6-20,15(19)21)10-11-1-2-11/h7-9,11H,1-6,10H2,(H2,19,21). The largest absolute Gasteiger partial charge is 0.369 e. The molecule has 24 heavy (non-hydrogen) atoms. The number of nitrogens with two attached hydrogens (primary N) is 1. The Morgan fingerprint density at radius 2 is 1.71 bits per heavy atom. The summed E-state index contributed by atoms with van der Waals surface area (Å²) in [5, 5.41) is 0. The predicted octanol–water partition coefficient (Wildman–Crippen LogP) is 2.02. The summed E-state index contributed by atoms with van der Waals surface area (Å²) in [7, 11) is -3.99. The van der Waals surface area contributed by atoms with Crippen molar-refractivity contribution in [3.63, 3.8) is 0 Å².